The second-order valence-electron chi connectivity index (χ2n) is 14.5. The number of benzene rings is 3. The lowest BCUT2D eigenvalue weighted by Gasteiger charge is -2.47. The molecule has 57 heavy (non-hydrogen) atoms. The van der Waals surface area contributed by atoms with Crippen molar-refractivity contribution in [1.82, 2.24) is 10.3 Å². The Hall–Kier alpha value is -5.77. The van der Waals surface area contributed by atoms with Gasteiger partial charge in [0.1, 0.15) is 29.3 Å². The van der Waals surface area contributed by atoms with Gasteiger partial charge in [-0.15, -0.1) is 0 Å². The van der Waals surface area contributed by atoms with E-state index in [4.69, 9.17) is 19.6 Å². The quantitative estimate of drug-likeness (QED) is 0.0710. The number of carbonyl (C=O) groups is 2. The topological polar surface area (TPSA) is 238 Å². The molecule has 14 nitrogen and oxygen atoms in total. The van der Waals surface area contributed by atoms with Crippen LogP contribution in [0.5, 0.6) is 11.5 Å². The van der Waals surface area contributed by atoms with Crippen LogP contribution >= 0.6 is 0 Å². The van der Waals surface area contributed by atoms with Crippen LogP contribution in [0.15, 0.2) is 100 Å². The van der Waals surface area contributed by atoms with Crippen molar-refractivity contribution >= 4 is 28.9 Å². The molecule has 7 unspecified atom stereocenters. The SMILES string of the molecule is CCc1ccccc1C=CCC(C)C(CNCC1(O)C(Oc2ccc3c(=O)c(-c4ccc(O)cc4)c(C(N)=O)oc3c2)OC(C(=O)O)C(O)C1O)Cc1cc[nH]c1. The highest BCUT2D eigenvalue weighted by atomic mass is 16.7. The molecule has 1 aliphatic rings. The molecule has 7 atom stereocenters. The number of nitrogens with one attached hydrogen (secondary N) is 2. The van der Waals surface area contributed by atoms with E-state index in [0.29, 0.717) is 13.0 Å². The van der Waals surface area contributed by atoms with Crippen molar-refractivity contribution in [3.63, 3.8) is 0 Å². The zero-order chi connectivity index (χ0) is 40.9. The van der Waals surface area contributed by atoms with Crippen LogP contribution < -0.4 is 21.2 Å². The molecule has 0 bridgehead atoms. The molecule has 0 aliphatic carbocycles. The zero-order valence-corrected chi connectivity index (χ0v) is 31.5. The first-order chi connectivity index (χ1) is 27.3. The maximum absolute atomic E-state index is 13.6. The number of aliphatic hydroxyl groups excluding tert-OH is 2. The van der Waals surface area contributed by atoms with Gasteiger partial charge in [0.2, 0.25) is 17.5 Å². The van der Waals surface area contributed by atoms with E-state index in [1.54, 1.807) is 0 Å². The summed E-state index contributed by atoms with van der Waals surface area (Å²) in [5.41, 5.74) is 6.10. The number of amides is 1. The van der Waals surface area contributed by atoms with Crippen molar-refractivity contribution in [2.24, 2.45) is 17.6 Å². The van der Waals surface area contributed by atoms with Crippen molar-refractivity contribution in [3.8, 4) is 22.6 Å². The monoisotopic (exact) mass is 781 g/mol. The van der Waals surface area contributed by atoms with Gasteiger partial charge in [-0.1, -0.05) is 62.4 Å². The number of phenolic OH excluding ortho intramolecular Hbond substituents is 1. The first-order valence-corrected chi connectivity index (χ1v) is 18.7. The number of aryl methyl sites for hydroxylation is 1. The molecule has 0 spiro atoms. The van der Waals surface area contributed by atoms with Crippen LogP contribution in [-0.4, -0.2) is 85.7 Å². The molecule has 300 valence electrons. The molecule has 1 aliphatic heterocycles. The number of rotatable bonds is 16. The van der Waals surface area contributed by atoms with Gasteiger partial charge in [-0.25, -0.2) is 4.79 Å². The van der Waals surface area contributed by atoms with E-state index in [-0.39, 0.29) is 52.0 Å². The summed E-state index contributed by atoms with van der Waals surface area (Å²) in [5.74, 6) is -3.06. The molecule has 5 aromatic rings. The Morgan fingerprint density at radius 3 is 2.53 bits per heavy atom. The van der Waals surface area contributed by atoms with Gasteiger partial charge in [0.15, 0.2) is 11.7 Å². The number of ether oxygens (including phenoxy) is 2. The van der Waals surface area contributed by atoms with Crippen LogP contribution in [0, 0.1) is 11.8 Å². The van der Waals surface area contributed by atoms with Gasteiger partial charge in [-0.3, -0.25) is 9.59 Å². The highest BCUT2D eigenvalue weighted by Gasteiger charge is 2.58. The standard InChI is InChI=1S/C43H47N3O11/c1-3-26-8-4-5-9-27(26)10-6-7-24(2)29(19-25-17-18-45-21-25)22-46-23-43(54)39(50)36(49)38(41(52)53)57-42(43)55-31-15-16-32-33(20-31)56-37(40(44)51)34(35(32)48)28-11-13-30(47)14-12-28/h4-6,8-18,20-21,24,29,36,38-39,42,45-47,49-50,54H,3,7,19,22-23H2,1-2H3,(H2,44,51)(H,52,53). The minimum Gasteiger partial charge on any atom is -0.508 e. The van der Waals surface area contributed by atoms with Crippen molar-refractivity contribution in [2.75, 3.05) is 13.1 Å². The number of hydrogen-bond acceptors (Lipinski definition) is 11. The third kappa shape index (κ3) is 8.95. The third-order valence-corrected chi connectivity index (χ3v) is 10.6. The predicted octanol–water partition coefficient (Wildman–Crippen LogP) is 3.98. The molecule has 3 aromatic carbocycles. The number of aromatic nitrogens is 1. The smallest absolute Gasteiger partial charge is 0.335 e. The molecular weight excluding hydrogens is 734 g/mol. The van der Waals surface area contributed by atoms with Gasteiger partial charge in [-0.2, -0.15) is 0 Å². The summed E-state index contributed by atoms with van der Waals surface area (Å²) in [7, 11) is 0. The number of carbonyl (C=O) groups excluding carboxylic acids is 1. The molecule has 14 heteroatoms. The minimum atomic E-state index is -2.39. The number of nitrogens with two attached hydrogens (primary N) is 1. The molecular formula is C43H47N3O11. The van der Waals surface area contributed by atoms with Crippen LogP contribution in [0.1, 0.15) is 47.5 Å². The molecule has 1 saturated heterocycles. The maximum Gasteiger partial charge on any atom is 0.335 e. The summed E-state index contributed by atoms with van der Waals surface area (Å²) in [6.45, 7) is 4.21. The highest BCUT2D eigenvalue weighted by molar-refractivity contribution is 5.99. The largest absolute Gasteiger partial charge is 0.508 e. The number of aromatic hydroxyl groups is 1. The summed E-state index contributed by atoms with van der Waals surface area (Å²) in [4.78, 5) is 41.3. The van der Waals surface area contributed by atoms with E-state index in [1.807, 2.05) is 30.6 Å². The summed E-state index contributed by atoms with van der Waals surface area (Å²) in [5, 5.41) is 56.9. The second-order valence-corrected chi connectivity index (χ2v) is 14.5. The Bertz CT molecular complexity index is 2270. The Morgan fingerprint density at radius 2 is 1.84 bits per heavy atom. The normalized spacial score (nSPS) is 22.1. The predicted molar refractivity (Wildman–Crippen MR) is 211 cm³/mol. The number of hydrogen-bond donors (Lipinski definition) is 8. The number of aromatic amines is 1. The summed E-state index contributed by atoms with van der Waals surface area (Å²) in [6, 6.07) is 19.7. The number of aliphatic carboxylic acids is 1. The van der Waals surface area contributed by atoms with Crippen LogP contribution in [0.25, 0.3) is 28.2 Å². The van der Waals surface area contributed by atoms with Crippen LogP contribution in [0.4, 0.5) is 0 Å². The van der Waals surface area contributed by atoms with Gasteiger partial charge < -0.3 is 55.5 Å². The number of allylic oxidation sites excluding steroid dienone is 1. The number of carboxylic acid groups (broad SMARTS) is 1. The molecule has 3 heterocycles. The van der Waals surface area contributed by atoms with E-state index in [1.165, 1.54) is 48.0 Å². The minimum absolute atomic E-state index is 0.0301. The molecule has 0 radical (unpaired) electrons. The average Bonchev–Trinajstić information content (AvgIpc) is 3.71. The molecule has 1 fully saturated rings. The van der Waals surface area contributed by atoms with Crippen LogP contribution in [-0.2, 0) is 22.4 Å². The summed E-state index contributed by atoms with van der Waals surface area (Å²) < 4.78 is 17.4. The highest BCUT2D eigenvalue weighted by Crippen LogP contribution is 2.34. The fourth-order valence-electron chi connectivity index (χ4n) is 7.23. The lowest BCUT2D eigenvalue weighted by Crippen LogP contribution is -2.71. The Labute approximate surface area is 328 Å². The number of fused-ring (bicyclic) bond motifs is 1. The lowest BCUT2D eigenvalue weighted by molar-refractivity contribution is -0.311. The molecule has 0 saturated carbocycles. The first kappa shape index (κ1) is 40.9. The van der Waals surface area contributed by atoms with Gasteiger partial charge in [0, 0.05) is 25.0 Å². The first-order valence-electron chi connectivity index (χ1n) is 18.7. The molecule has 1 amide bonds. The molecule has 2 aromatic heterocycles. The Balaban J connectivity index is 1.25. The van der Waals surface area contributed by atoms with E-state index in [2.05, 4.69) is 48.4 Å². The maximum atomic E-state index is 13.6. The zero-order valence-electron chi connectivity index (χ0n) is 31.5. The molecule has 6 rings (SSSR count). The Morgan fingerprint density at radius 1 is 1.09 bits per heavy atom. The fraction of sp³-hybridized carbons (Fsp3) is 0.326. The number of carboxylic acids is 1. The lowest BCUT2D eigenvalue weighted by atomic mass is 9.84. The number of H-pyrrole nitrogens is 1. The van der Waals surface area contributed by atoms with Gasteiger partial charge in [0.05, 0.1) is 10.9 Å². The van der Waals surface area contributed by atoms with Gasteiger partial charge in [-0.05, 0) is 90.2 Å². The summed E-state index contributed by atoms with van der Waals surface area (Å²) in [6.07, 6.45) is 2.48. The van der Waals surface area contributed by atoms with Gasteiger partial charge in [0.25, 0.3) is 5.91 Å². The van der Waals surface area contributed by atoms with Crippen molar-refractivity contribution < 1.29 is 49.0 Å². The Kier molecular flexibility index (Phi) is 12.6. The number of aliphatic hydroxyl groups is 3. The van der Waals surface area contributed by atoms with Crippen LogP contribution in [0.2, 0.25) is 0 Å². The molecule has 9 N–H and O–H groups in total. The van der Waals surface area contributed by atoms with E-state index in [9.17, 15) is 39.9 Å². The fourth-order valence-corrected chi connectivity index (χ4v) is 7.23. The second kappa shape index (κ2) is 17.6. The van der Waals surface area contributed by atoms with Gasteiger partial charge >= 0.3 is 5.97 Å². The number of primary amides is 1. The number of phenols is 1. The van der Waals surface area contributed by atoms with Crippen molar-refractivity contribution in [1.29, 1.82) is 0 Å². The van der Waals surface area contributed by atoms with Crippen molar-refractivity contribution in [3.05, 3.63) is 124 Å². The van der Waals surface area contributed by atoms with E-state index >= 15 is 0 Å². The third-order valence-electron chi connectivity index (χ3n) is 10.6. The van der Waals surface area contributed by atoms with Crippen LogP contribution in [0.3, 0.4) is 0 Å². The van der Waals surface area contributed by atoms with Crippen molar-refractivity contribution in [2.45, 2.75) is 63.3 Å². The summed E-state index contributed by atoms with van der Waals surface area (Å²) >= 11 is 0. The average molecular weight is 782 g/mol. The van der Waals surface area contributed by atoms with E-state index in [0.717, 1.165) is 24.0 Å². The van der Waals surface area contributed by atoms with E-state index < -0.39 is 53.3 Å².